The lowest BCUT2D eigenvalue weighted by molar-refractivity contribution is -0.0392. The monoisotopic (exact) mass is 420 g/mol. The molecule has 9 nitrogen and oxygen atoms in total. The molecule has 2 unspecified atom stereocenters. The molecule has 0 amide bonds. The zero-order chi connectivity index (χ0) is 21.5. The Kier molecular flexibility index (Phi) is 9.60. The summed E-state index contributed by atoms with van der Waals surface area (Å²) in [5.41, 5.74) is -1.57. The van der Waals surface area contributed by atoms with Crippen LogP contribution in [-0.2, 0) is 31.4 Å². The first-order chi connectivity index (χ1) is 12.1. The summed E-state index contributed by atoms with van der Waals surface area (Å²) >= 11 is 0. The number of carbonyl (C=O) groups excluding carboxylic acids is 2. The standard InChI is InChI=1S/C16H32N2O7Si2/c1-13(2)21-26(17-11-19,23-15(5,6)7)25-27(18-12-20,22-14(3)4)24-16(8,9)10/h13-14H,1-10H3. The van der Waals surface area contributed by atoms with E-state index in [2.05, 4.69) is 9.32 Å². The molecule has 0 aromatic carbocycles. The van der Waals surface area contributed by atoms with Crippen LogP contribution in [0.15, 0.2) is 9.32 Å². The highest BCUT2D eigenvalue weighted by Crippen LogP contribution is 2.30. The van der Waals surface area contributed by atoms with Gasteiger partial charge in [0.25, 0.3) is 0 Å². The highest BCUT2D eigenvalue weighted by Gasteiger charge is 2.61. The van der Waals surface area contributed by atoms with Crippen LogP contribution in [0.2, 0.25) is 0 Å². The molecule has 0 aliphatic carbocycles. The van der Waals surface area contributed by atoms with Gasteiger partial charge in [-0.2, -0.15) is 9.32 Å². The van der Waals surface area contributed by atoms with Gasteiger partial charge in [-0.25, -0.2) is 9.59 Å². The topological polar surface area (TPSA) is 105 Å². The Hall–Kier alpha value is -1.01. The lowest BCUT2D eigenvalue weighted by Gasteiger charge is -2.38. The SMILES string of the molecule is CC(C)O[Si](N=C=O)(OC(C)(C)C)O[Si](N=C=O)(OC(C)C)OC(C)(C)C. The minimum Gasteiger partial charge on any atom is -0.353 e. The highest BCUT2D eigenvalue weighted by atomic mass is 28.5. The van der Waals surface area contributed by atoms with Crippen molar-refractivity contribution in [3.05, 3.63) is 0 Å². The molecule has 0 aliphatic heterocycles. The second-order valence-corrected chi connectivity index (χ2v) is 12.6. The second-order valence-electron chi connectivity index (χ2n) is 8.32. The summed E-state index contributed by atoms with van der Waals surface area (Å²) in [4.78, 5) is 22.3. The van der Waals surface area contributed by atoms with Gasteiger partial charge >= 0.3 is 17.9 Å². The Morgan fingerprint density at radius 2 is 1.00 bits per heavy atom. The molecule has 0 saturated heterocycles. The van der Waals surface area contributed by atoms with Crippen molar-refractivity contribution in [2.45, 2.75) is 92.6 Å². The van der Waals surface area contributed by atoms with Gasteiger partial charge in [-0.15, -0.1) is 0 Å². The van der Waals surface area contributed by atoms with Crippen LogP contribution < -0.4 is 0 Å². The number of hydrogen-bond donors (Lipinski definition) is 0. The van der Waals surface area contributed by atoms with E-state index < -0.39 is 41.3 Å². The maximum atomic E-state index is 11.2. The average Bonchev–Trinajstić information content (AvgIpc) is 2.31. The van der Waals surface area contributed by atoms with Crippen molar-refractivity contribution >= 4 is 30.1 Å². The molecule has 0 spiro atoms. The van der Waals surface area contributed by atoms with E-state index in [-0.39, 0.29) is 0 Å². The Balaban J connectivity index is 6.43. The summed E-state index contributed by atoms with van der Waals surface area (Å²) in [6, 6.07) is 0. The predicted octanol–water partition coefficient (Wildman–Crippen LogP) is 3.03. The van der Waals surface area contributed by atoms with E-state index in [4.69, 9.17) is 21.8 Å². The van der Waals surface area contributed by atoms with Crippen LogP contribution in [0.25, 0.3) is 0 Å². The molecule has 0 radical (unpaired) electrons. The summed E-state index contributed by atoms with van der Waals surface area (Å²) in [7, 11) is -8.19. The van der Waals surface area contributed by atoms with Crippen molar-refractivity contribution in [3.8, 4) is 0 Å². The fourth-order valence-electron chi connectivity index (χ4n) is 1.93. The van der Waals surface area contributed by atoms with Crippen LogP contribution in [0, 0.1) is 0 Å². The zero-order valence-electron chi connectivity index (χ0n) is 17.9. The van der Waals surface area contributed by atoms with Gasteiger partial charge < -0.3 is 21.8 Å². The molecule has 0 saturated carbocycles. The fraction of sp³-hybridized carbons (Fsp3) is 0.875. The van der Waals surface area contributed by atoms with Gasteiger partial charge in [-0.1, -0.05) is 0 Å². The third-order valence-corrected chi connectivity index (χ3v) is 8.34. The van der Waals surface area contributed by atoms with Crippen LogP contribution in [-0.4, -0.2) is 53.5 Å². The quantitative estimate of drug-likeness (QED) is 0.304. The van der Waals surface area contributed by atoms with Crippen molar-refractivity contribution < 1.29 is 31.4 Å². The third kappa shape index (κ3) is 10.8. The molecule has 156 valence electrons. The molecule has 0 fully saturated rings. The first-order valence-corrected chi connectivity index (χ1v) is 12.1. The van der Waals surface area contributed by atoms with Gasteiger partial charge in [0, 0.05) is 12.2 Å². The Morgan fingerprint density at radius 1 is 0.704 bits per heavy atom. The van der Waals surface area contributed by atoms with Gasteiger partial charge in [0.1, 0.15) is 0 Å². The highest BCUT2D eigenvalue weighted by molar-refractivity contribution is 6.74. The van der Waals surface area contributed by atoms with Crippen molar-refractivity contribution in [1.29, 1.82) is 0 Å². The summed E-state index contributed by atoms with van der Waals surface area (Å²) in [5.74, 6) is 0. The number of rotatable bonds is 10. The van der Waals surface area contributed by atoms with E-state index in [1.54, 1.807) is 69.2 Å². The molecule has 0 rings (SSSR count). The van der Waals surface area contributed by atoms with E-state index in [0.29, 0.717) is 0 Å². The minimum atomic E-state index is -4.09. The summed E-state index contributed by atoms with van der Waals surface area (Å²) in [6.07, 6.45) is 2.09. The second kappa shape index (κ2) is 9.97. The molecule has 0 bridgehead atoms. The number of hydrogen-bond acceptors (Lipinski definition) is 9. The van der Waals surface area contributed by atoms with Crippen LogP contribution in [0.4, 0.5) is 0 Å². The predicted molar refractivity (Wildman–Crippen MR) is 103 cm³/mol. The Labute approximate surface area is 164 Å². The average molecular weight is 421 g/mol. The molecule has 27 heavy (non-hydrogen) atoms. The van der Waals surface area contributed by atoms with Crippen LogP contribution in [0.1, 0.15) is 69.2 Å². The molecular weight excluding hydrogens is 388 g/mol. The number of isocyanates is 2. The van der Waals surface area contributed by atoms with E-state index in [0.717, 1.165) is 0 Å². The summed E-state index contributed by atoms with van der Waals surface area (Å²) in [6.45, 7) is 17.4. The van der Waals surface area contributed by atoms with Crippen LogP contribution >= 0.6 is 0 Å². The molecule has 0 heterocycles. The first-order valence-electron chi connectivity index (χ1n) is 8.72. The van der Waals surface area contributed by atoms with Crippen LogP contribution in [0.5, 0.6) is 0 Å². The molecule has 0 N–H and O–H groups in total. The number of nitrogens with zero attached hydrogens (tertiary/aromatic N) is 2. The van der Waals surface area contributed by atoms with E-state index in [1.807, 2.05) is 0 Å². The largest absolute Gasteiger partial charge is 0.658 e. The molecule has 2 atom stereocenters. The fourth-order valence-corrected chi connectivity index (χ4v) is 7.57. The van der Waals surface area contributed by atoms with Gasteiger partial charge in [-0.05, 0) is 69.2 Å². The Morgan fingerprint density at radius 3 is 1.19 bits per heavy atom. The van der Waals surface area contributed by atoms with E-state index in [1.165, 1.54) is 12.2 Å². The van der Waals surface area contributed by atoms with Crippen molar-refractivity contribution in [3.63, 3.8) is 0 Å². The smallest absolute Gasteiger partial charge is 0.353 e. The maximum absolute atomic E-state index is 11.2. The lowest BCUT2D eigenvalue weighted by Crippen LogP contribution is -2.62. The van der Waals surface area contributed by atoms with Gasteiger partial charge in [0.2, 0.25) is 12.2 Å². The van der Waals surface area contributed by atoms with Crippen LogP contribution in [0.3, 0.4) is 0 Å². The van der Waals surface area contributed by atoms with Gasteiger partial charge in [0.15, 0.2) is 0 Å². The summed E-state index contributed by atoms with van der Waals surface area (Å²) < 4.78 is 36.9. The van der Waals surface area contributed by atoms with E-state index >= 15 is 0 Å². The molecular formula is C16H32N2O7Si2. The Bertz CT molecular complexity index is 526. The summed E-state index contributed by atoms with van der Waals surface area (Å²) in [5, 5.41) is 0. The molecule has 0 aromatic rings. The third-order valence-electron chi connectivity index (χ3n) is 2.26. The maximum Gasteiger partial charge on any atom is 0.658 e. The normalized spacial score (nSPS) is 17.0. The molecule has 0 aromatic heterocycles. The van der Waals surface area contributed by atoms with Crippen molar-refractivity contribution in [1.82, 2.24) is 0 Å². The minimum absolute atomic E-state index is 0.406. The van der Waals surface area contributed by atoms with Gasteiger partial charge in [0.05, 0.1) is 11.2 Å². The lowest BCUT2D eigenvalue weighted by atomic mass is 10.2. The van der Waals surface area contributed by atoms with E-state index in [9.17, 15) is 9.59 Å². The zero-order valence-corrected chi connectivity index (χ0v) is 19.9. The van der Waals surface area contributed by atoms with Crippen molar-refractivity contribution in [2.75, 3.05) is 0 Å². The van der Waals surface area contributed by atoms with Gasteiger partial charge in [-0.3, -0.25) is 0 Å². The molecule has 11 heteroatoms. The molecule has 0 aliphatic rings. The van der Waals surface area contributed by atoms with Crippen molar-refractivity contribution in [2.24, 2.45) is 9.32 Å². The first kappa shape index (κ1) is 26.0.